The predicted molar refractivity (Wildman–Crippen MR) is 47.4 cm³/mol. The first-order chi connectivity index (χ1) is 6.65. The predicted octanol–water partition coefficient (Wildman–Crippen LogP) is -0.717. The summed E-state index contributed by atoms with van der Waals surface area (Å²) in [6.07, 6.45) is -0.432. The Kier molecular flexibility index (Phi) is 3.70. The molecular formula is C8H14N2O4. The molecule has 6 nitrogen and oxygen atoms in total. The first-order valence-corrected chi connectivity index (χ1v) is 4.46. The summed E-state index contributed by atoms with van der Waals surface area (Å²) in [5, 5.41) is 11.3. The molecule has 1 fully saturated rings. The number of amides is 2. The highest BCUT2D eigenvalue weighted by molar-refractivity contribution is 5.84. The topological polar surface area (TPSA) is 78.9 Å². The second-order valence-electron chi connectivity index (χ2n) is 3.07. The zero-order chi connectivity index (χ0) is 10.6. The van der Waals surface area contributed by atoms with Crippen molar-refractivity contribution in [1.29, 1.82) is 0 Å². The number of rotatable bonds is 2. The van der Waals surface area contributed by atoms with E-state index in [0.29, 0.717) is 13.1 Å². The van der Waals surface area contributed by atoms with Gasteiger partial charge in [-0.2, -0.15) is 0 Å². The maximum atomic E-state index is 11.4. The molecule has 6 heteroatoms. The molecule has 0 aliphatic carbocycles. The number of carbonyl (C=O) groups is 2. The average Bonchev–Trinajstić information content (AvgIpc) is 2.69. The number of alkyl carbamates (subject to hydrolysis) is 1. The Morgan fingerprint density at radius 3 is 2.50 bits per heavy atom. The molecule has 0 aromatic rings. The summed E-state index contributed by atoms with van der Waals surface area (Å²) in [7, 11) is 1.17. The molecule has 2 amide bonds. The highest BCUT2D eigenvalue weighted by Gasteiger charge is 2.25. The molecule has 1 atom stereocenters. The number of nitrogens with one attached hydrogen (secondary N) is 1. The second kappa shape index (κ2) is 4.80. The average molecular weight is 202 g/mol. The number of aliphatic hydroxyl groups excluding tert-OH is 1. The Balaban J connectivity index is 2.39. The molecule has 1 rings (SSSR count). The van der Waals surface area contributed by atoms with Crippen molar-refractivity contribution < 1.29 is 19.4 Å². The van der Waals surface area contributed by atoms with E-state index in [1.807, 2.05) is 5.32 Å². The lowest BCUT2D eigenvalue weighted by Gasteiger charge is -2.19. The normalized spacial score (nSPS) is 17.7. The van der Waals surface area contributed by atoms with Crippen molar-refractivity contribution in [3.05, 3.63) is 0 Å². The maximum Gasteiger partial charge on any atom is 0.409 e. The third-order valence-electron chi connectivity index (χ3n) is 2.09. The van der Waals surface area contributed by atoms with Gasteiger partial charge in [-0.05, 0) is 12.8 Å². The van der Waals surface area contributed by atoms with Gasteiger partial charge in [-0.25, -0.2) is 4.79 Å². The van der Waals surface area contributed by atoms with Crippen LogP contribution in [0.3, 0.4) is 0 Å². The van der Waals surface area contributed by atoms with Crippen molar-refractivity contribution in [3.8, 4) is 0 Å². The molecule has 1 heterocycles. The van der Waals surface area contributed by atoms with Crippen LogP contribution >= 0.6 is 0 Å². The number of ether oxygens (including phenoxy) is 1. The molecule has 1 saturated heterocycles. The first-order valence-electron chi connectivity index (χ1n) is 4.46. The van der Waals surface area contributed by atoms with Crippen molar-refractivity contribution in [2.24, 2.45) is 0 Å². The Morgan fingerprint density at radius 1 is 1.43 bits per heavy atom. The van der Waals surface area contributed by atoms with Crippen LogP contribution in [0.15, 0.2) is 0 Å². The van der Waals surface area contributed by atoms with E-state index in [9.17, 15) is 14.7 Å². The Bertz CT molecular complexity index is 225. The quantitative estimate of drug-likeness (QED) is 0.579. The summed E-state index contributed by atoms with van der Waals surface area (Å²) in [5.41, 5.74) is 0. The lowest BCUT2D eigenvalue weighted by molar-refractivity contribution is -0.140. The Hall–Kier alpha value is -1.30. The van der Waals surface area contributed by atoms with Gasteiger partial charge in [-0.15, -0.1) is 0 Å². The van der Waals surface area contributed by atoms with Crippen molar-refractivity contribution >= 4 is 12.0 Å². The van der Waals surface area contributed by atoms with E-state index in [-0.39, 0.29) is 0 Å². The fourth-order valence-corrected chi connectivity index (χ4v) is 1.34. The summed E-state index contributed by atoms with van der Waals surface area (Å²) in [5.74, 6) is -0.479. The maximum absolute atomic E-state index is 11.4. The van der Waals surface area contributed by atoms with Crippen LogP contribution in [0.25, 0.3) is 0 Å². The molecule has 2 N–H and O–H groups in total. The summed E-state index contributed by atoms with van der Waals surface area (Å²) in [6, 6.07) is 0. The minimum atomic E-state index is -1.50. The number of hydrogen-bond donors (Lipinski definition) is 2. The van der Waals surface area contributed by atoms with E-state index < -0.39 is 18.2 Å². The number of carbonyl (C=O) groups excluding carboxylic acids is 2. The molecule has 80 valence electrons. The Morgan fingerprint density at radius 2 is 2.00 bits per heavy atom. The fraction of sp³-hybridized carbons (Fsp3) is 0.750. The smallest absolute Gasteiger partial charge is 0.409 e. The van der Waals surface area contributed by atoms with Gasteiger partial charge in [-0.3, -0.25) is 10.1 Å². The number of aliphatic hydroxyl groups is 1. The van der Waals surface area contributed by atoms with Crippen molar-refractivity contribution in [2.45, 2.75) is 19.1 Å². The van der Waals surface area contributed by atoms with E-state index in [1.54, 1.807) is 0 Å². The minimum Gasteiger partial charge on any atom is -0.453 e. The van der Waals surface area contributed by atoms with Crippen LogP contribution in [0.2, 0.25) is 0 Å². The molecular weight excluding hydrogens is 188 g/mol. The van der Waals surface area contributed by atoms with Crippen molar-refractivity contribution in [3.63, 3.8) is 0 Å². The van der Waals surface area contributed by atoms with Gasteiger partial charge in [0, 0.05) is 13.1 Å². The lowest BCUT2D eigenvalue weighted by Crippen LogP contribution is -2.47. The van der Waals surface area contributed by atoms with Crippen LogP contribution < -0.4 is 5.32 Å². The summed E-state index contributed by atoms with van der Waals surface area (Å²) < 4.78 is 4.25. The molecule has 1 aliphatic rings. The van der Waals surface area contributed by atoms with Gasteiger partial charge < -0.3 is 14.7 Å². The van der Waals surface area contributed by atoms with Gasteiger partial charge in [0.1, 0.15) is 0 Å². The van der Waals surface area contributed by atoms with Gasteiger partial charge in [0.05, 0.1) is 7.11 Å². The highest BCUT2D eigenvalue weighted by Crippen LogP contribution is 2.08. The molecule has 0 saturated carbocycles. The first kappa shape index (κ1) is 10.8. The van der Waals surface area contributed by atoms with Gasteiger partial charge in [0.25, 0.3) is 5.91 Å². The Labute approximate surface area is 81.8 Å². The second-order valence-corrected chi connectivity index (χ2v) is 3.07. The van der Waals surface area contributed by atoms with Crippen LogP contribution in [0.1, 0.15) is 12.8 Å². The summed E-state index contributed by atoms with van der Waals surface area (Å²) in [4.78, 5) is 23.6. The van der Waals surface area contributed by atoms with Crippen LogP contribution in [0.5, 0.6) is 0 Å². The monoisotopic (exact) mass is 202 g/mol. The number of nitrogens with zero attached hydrogens (tertiary/aromatic N) is 1. The van der Waals surface area contributed by atoms with Gasteiger partial charge in [0.2, 0.25) is 6.23 Å². The number of hydrogen-bond acceptors (Lipinski definition) is 4. The summed E-state index contributed by atoms with van der Waals surface area (Å²) in [6.45, 7) is 1.28. The molecule has 0 bridgehead atoms. The van der Waals surface area contributed by atoms with Crippen molar-refractivity contribution in [2.75, 3.05) is 20.2 Å². The van der Waals surface area contributed by atoms with E-state index in [4.69, 9.17) is 0 Å². The van der Waals surface area contributed by atoms with Gasteiger partial charge >= 0.3 is 6.09 Å². The number of methoxy groups -OCH3 is 1. The van der Waals surface area contributed by atoms with Crippen LogP contribution in [-0.4, -0.2) is 48.4 Å². The molecule has 0 aromatic heterocycles. The largest absolute Gasteiger partial charge is 0.453 e. The molecule has 14 heavy (non-hydrogen) atoms. The SMILES string of the molecule is COC(=O)N[C@@H](O)C(=O)N1CCCC1. The summed E-state index contributed by atoms with van der Waals surface area (Å²) >= 11 is 0. The number of likely N-dealkylation sites (tertiary alicyclic amines) is 1. The molecule has 0 radical (unpaired) electrons. The minimum absolute atomic E-state index is 0.479. The van der Waals surface area contributed by atoms with Crippen LogP contribution in [-0.2, 0) is 9.53 Å². The zero-order valence-electron chi connectivity index (χ0n) is 8.02. The molecule has 0 spiro atoms. The third-order valence-corrected chi connectivity index (χ3v) is 2.09. The fourth-order valence-electron chi connectivity index (χ4n) is 1.34. The molecule has 0 unspecified atom stereocenters. The molecule has 1 aliphatic heterocycles. The lowest BCUT2D eigenvalue weighted by atomic mass is 10.4. The van der Waals surface area contributed by atoms with E-state index in [0.717, 1.165) is 12.8 Å². The van der Waals surface area contributed by atoms with Crippen LogP contribution in [0.4, 0.5) is 4.79 Å². The van der Waals surface area contributed by atoms with Crippen molar-refractivity contribution in [1.82, 2.24) is 10.2 Å². The van der Waals surface area contributed by atoms with E-state index in [2.05, 4.69) is 4.74 Å². The van der Waals surface area contributed by atoms with Crippen LogP contribution in [0, 0.1) is 0 Å². The highest BCUT2D eigenvalue weighted by atomic mass is 16.5. The molecule has 0 aromatic carbocycles. The van der Waals surface area contributed by atoms with E-state index >= 15 is 0 Å². The zero-order valence-corrected chi connectivity index (χ0v) is 8.02. The van der Waals surface area contributed by atoms with E-state index in [1.165, 1.54) is 12.0 Å². The van der Waals surface area contributed by atoms with Gasteiger partial charge in [0.15, 0.2) is 0 Å². The third kappa shape index (κ3) is 2.59. The standard InChI is InChI=1S/C8H14N2O4/c1-14-8(13)9-6(11)7(12)10-4-2-3-5-10/h6,11H,2-5H2,1H3,(H,9,13)/t6-/m0/s1. The van der Waals surface area contributed by atoms with Gasteiger partial charge in [-0.1, -0.05) is 0 Å².